The van der Waals surface area contributed by atoms with E-state index in [-0.39, 0.29) is 12.4 Å². The van der Waals surface area contributed by atoms with E-state index in [0.717, 1.165) is 29.9 Å². The first-order valence-corrected chi connectivity index (χ1v) is 12.5. The smallest absolute Gasteiger partial charge is 0.253 e. The van der Waals surface area contributed by atoms with Crippen LogP contribution in [0.5, 0.6) is 17.2 Å². The fourth-order valence-corrected chi connectivity index (χ4v) is 5.11. The Labute approximate surface area is 218 Å². The minimum Gasteiger partial charge on any atom is -0.497 e. The Balaban J connectivity index is 1.36. The SMILES string of the molecule is COCCn1nnnc1[C@H](c1cc2cc3c(cc2[nH]c1=O)OCO3)N1CCN(c2cccc(OC)c2)CC1. The minimum atomic E-state index is -0.451. The molecule has 1 saturated heterocycles. The number of pyridine rings is 1. The van der Waals surface area contributed by atoms with Crippen LogP contribution in [0, 0.1) is 0 Å². The molecule has 0 saturated carbocycles. The van der Waals surface area contributed by atoms with E-state index in [2.05, 4.69) is 36.4 Å². The number of piperazine rings is 1. The first-order valence-electron chi connectivity index (χ1n) is 12.5. The van der Waals surface area contributed by atoms with Gasteiger partial charge in [0, 0.05) is 62.1 Å². The van der Waals surface area contributed by atoms with Gasteiger partial charge >= 0.3 is 0 Å². The number of aromatic amines is 1. The molecule has 1 fully saturated rings. The van der Waals surface area contributed by atoms with Crippen LogP contribution in [0.25, 0.3) is 10.9 Å². The van der Waals surface area contributed by atoms with Gasteiger partial charge < -0.3 is 28.8 Å². The van der Waals surface area contributed by atoms with Gasteiger partial charge in [-0.25, -0.2) is 4.68 Å². The Kier molecular flexibility index (Phi) is 6.56. The van der Waals surface area contributed by atoms with Crippen molar-refractivity contribution >= 4 is 16.6 Å². The van der Waals surface area contributed by atoms with Gasteiger partial charge in [0.25, 0.3) is 5.56 Å². The van der Waals surface area contributed by atoms with E-state index in [1.165, 1.54) is 0 Å². The second-order valence-corrected chi connectivity index (χ2v) is 9.23. The van der Waals surface area contributed by atoms with Gasteiger partial charge in [0.05, 0.1) is 25.8 Å². The summed E-state index contributed by atoms with van der Waals surface area (Å²) in [5, 5.41) is 13.4. The van der Waals surface area contributed by atoms with Gasteiger partial charge in [-0.05, 0) is 34.7 Å². The number of anilines is 1. The van der Waals surface area contributed by atoms with Crippen molar-refractivity contribution in [1.82, 2.24) is 30.1 Å². The summed E-state index contributed by atoms with van der Waals surface area (Å²) in [6, 6.07) is 13.2. The molecular formula is C26H29N7O5. The Bertz CT molecular complexity index is 1500. The van der Waals surface area contributed by atoms with Gasteiger partial charge in [0.2, 0.25) is 6.79 Å². The second-order valence-electron chi connectivity index (χ2n) is 9.23. The Morgan fingerprint density at radius 3 is 2.66 bits per heavy atom. The van der Waals surface area contributed by atoms with Gasteiger partial charge in [-0.1, -0.05) is 6.07 Å². The van der Waals surface area contributed by atoms with Crippen molar-refractivity contribution in [2.24, 2.45) is 0 Å². The average Bonchev–Trinajstić information content (AvgIpc) is 3.61. The summed E-state index contributed by atoms with van der Waals surface area (Å²) < 4.78 is 23.4. The molecule has 0 amide bonds. The number of aromatic nitrogens is 5. The maximum Gasteiger partial charge on any atom is 0.253 e. The molecular weight excluding hydrogens is 490 g/mol. The number of hydrogen-bond acceptors (Lipinski definition) is 10. The average molecular weight is 520 g/mol. The van der Waals surface area contributed by atoms with Crippen LogP contribution >= 0.6 is 0 Å². The molecule has 2 aliphatic heterocycles. The zero-order valence-corrected chi connectivity index (χ0v) is 21.3. The molecule has 12 heteroatoms. The third kappa shape index (κ3) is 4.52. The monoisotopic (exact) mass is 519 g/mol. The maximum atomic E-state index is 13.5. The minimum absolute atomic E-state index is 0.164. The number of benzene rings is 2. The van der Waals surface area contributed by atoms with E-state index >= 15 is 0 Å². The van der Waals surface area contributed by atoms with Crippen molar-refractivity contribution in [2.75, 3.05) is 58.7 Å². The summed E-state index contributed by atoms with van der Waals surface area (Å²) in [5.41, 5.74) is 2.16. The highest BCUT2D eigenvalue weighted by atomic mass is 16.7. The number of nitrogens with zero attached hydrogens (tertiary/aromatic N) is 6. The van der Waals surface area contributed by atoms with E-state index in [1.54, 1.807) is 25.0 Å². The highest BCUT2D eigenvalue weighted by Crippen LogP contribution is 2.36. The number of tetrazole rings is 1. The summed E-state index contributed by atoms with van der Waals surface area (Å²) in [4.78, 5) is 21.1. The first kappa shape index (κ1) is 24.2. The van der Waals surface area contributed by atoms with Crippen LogP contribution in [0.1, 0.15) is 17.4 Å². The van der Waals surface area contributed by atoms with Crippen LogP contribution in [0.2, 0.25) is 0 Å². The largest absolute Gasteiger partial charge is 0.497 e. The Hall–Kier alpha value is -4.16. The third-order valence-corrected chi connectivity index (χ3v) is 7.07. The van der Waals surface area contributed by atoms with Crippen molar-refractivity contribution in [3.05, 3.63) is 64.2 Å². The van der Waals surface area contributed by atoms with Gasteiger partial charge in [0.15, 0.2) is 17.3 Å². The van der Waals surface area contributed by atoms with E-state index in [4.69, 9.17) is 18.9 Å². The zero-order chi connectivity index (χ0) is 26.1. The lowest BCUT2D eigenvalue weighted by molar-refractivity contribution is 0.171. The van der Waals surface area contributed by atoms with Gasteiger partial charge in [-0.2, -0.15) is 0 Å². The fraction of sp³-hybridized carbons (Fsp3) is 0.385. The van der Waals surface area contributed by atoms with Crippen molar-refractivity contribution in [1.29, 1.82) is 0 Å². The Morgan fingerprint density at radius 2 is 1.87 bits per heavy atom. The fourth-order valence-electron chi connectivity index (χ4n) is 5.11. The number of ether oxygens (including phenoxy) is 4. The van der Waals surface area contributed by atoms with E-state index in [1.807, 2.05) is 30.3 Å². The third-order valence-electron chi connectivity index (χ3n) is 7.07. The quantitative estimate of drug-likeness (QED) is 0.369. The van der Waals surface area contributed by atoms with Gasteiger partial charge in [-0.3, -0.25) is 9.69 Å². The molecule has 0 spiro atoms. The van der Waals surface area contributed by atoms with E-state index < -0.39 is 6.04 Å². The molecule has 2 aromatic carbocycles. The lowest BCUT2D eigenvalue weighted by atomic mass is 10.0. The first-order chi connectivity index (χ1) is 18.6. The highest BCUT2D eigenvalue weighted by Gasteiger charge is 2.33. The zero-order valence-electron chi connectivity index (χ0n) is 21.3. The predicted octanol–water partition coefficient (Wildman–Crippen LogP) is 1.81. The Morgan fingerprint density at radius 1 is 1.05 bits per heavy atom. The van der Waals surface area contributed by atoms with Crippen LogP contribution < -0.4 is 24.7 Å². The molecule has 0 radical (unpaired) electrons. The molecule has 4 heterocycles. The molecule has 0 bridgehead atoms. The lowest BCUT2D eigenvalue weighted by Gasteiger charge is -2.39. The van der Waals surface area contributed by atoms with Crippen molar-refractivity contribution in [3.8, 4) is 17.2 Å². The van der Waals surface area contributed by atoms with Crippen LogP contribution in [0.3, 0.4) is 0 Å². The van der Waals surface area contributed by atoms with Crippen LogP contribution in [-0.4, -0.2) is 83.9 Å². The molecule has 0 unspecified atom stereocenters. The summed E-state index contributed by atoms with van der Waals surface area (Å²) in [6.45, 7) is 4.04. The number of H-pyrrole nitrogens is 1. The molecule has 2 aliphatic rings. The van der Waals surface area contributed by atoms with Crippen molar-refractivity contribution in [3.63, 3.8) is 0 Å². The number of rotatable bonds is 8. The molecule has 6 rings (SSSR count). The topological polar surface area (TPSA) is 120 Å². The molecule has 1 atom stereocenters. The van der Waals surface area contributed by atoms with Crippen LogP contribution in [-0.2, 0) is 11.3 Å². The molecule has 2 aromatic heterocycles. The number of nitrogens with one attached hydrogen (secondary N) is 1. The maximum absolute atomic E-state index is 13.5. The van der Waals surface area contributed by atoms with Crippen LogP contribution in [0.15, 0.2) is 47.3 Å². The van der Waals surface area contributed by atoms with Crippen LogP contribution in [0.4, 0.5) is 5.69 Å². The summed E-state index contributed by atoms with van der Waals surface area (Å²) in [5.74, 6) is 2.70. The molecule has 4 aromatic rings. The molecule has 198 valence electrons. The standard InChI is InChI=1S/C26H29N7O5/c1-35-11-10-33-25(28-29-30-33)24(32-8-6-31(7-9-32)18-4-3-5-19(14-18)36-2)20-12-17-13-22-23(38-16-37-22)15-21(17)27-26(20)34/h3-5,12-15,24H,6-11,16H2,1-2H3,(H,27,34)/t24-/m0/s1. The van der Waals surface area contributed by atoms with E-state index in [9.17, 15) is 4.79 Å². The number of methoxy groups -OCH3 is 2. The lowest BCUT2D eigenvalue weighted by Crippen LogP contribution is -2.49. The predicted molar refractivity (Wildman–Crippen MR) is 139 cm³/mol. The highest BCUT2D eigenvalue weighted by molar-refractivity contribution is 5.83. The van der Waals surface area contributed by atoms with E-state index in [0.29, 0.717) is 54.6 Å². The van der Waals surface area contributed by atoms with Gasteiger partial charge in [-0.15, -0.1) is 5.10 Å². The normalized spacial score (nSPS) is 16.2. The summed E-state index contributed by atoms with van der Waals surface area (Å²) in [6.07, 6.45) is 0. The summed E-state index contributed by atoms with van der Waals surface area (Å²) in [7, 11) is 3.31. The second kappa shape index (κ2) is 10.3. The molecule has 1 N–H and O–H groups in total. The number of hydrogen-bond donors (Lipinski definition) is 1. The molecule has 0 aliphatic carbocycles. The summed E-state index contributed by atoms with van der Waals surface area (Å²) >= 11 is 0. The van der Waals surface area contributed by atoms with Gasteiger partial charge in [0.1, 0.15) is 11.8 Å². The molecule has 12 nitrogen and oxygen atoms in total. The number of fused-ring (bicyclic) bond motifs is 2. The molecule has 38 heavy (non-hydrogen) atoms. The van der Waals surface area contributed by atoms with Crippen molar-refractivity contribution < 1.29 is 18.9 Å². The van der Waals surface area contributed by atoms with Crippen molar-refractivity contribution in [2.45, 2.75) is 12.6 Å².